The largest absolute Gasteiger partial charge is 0.453 e. The van der Waals surface area contributed by atoms with Crippen LogP contribution in [0.4, 0.5) is 29.5 Å². The number of rotatable bonds is 4. The number of anilines is 2. The van der Waals surface area contributed by atoms with Crippen LogP contribution in [-0.2, 0) is 10.9 Å². The number of nitrogen functional groups attached to an aromatic ring is 1. The first kappa shape index (κ1) is 28.3. The third-order valence-electron chi connectivity index (χ3n) is 6.78. The van der Waals surface area contributed by atoms with Crippen molar-refractivity contribution < 1.29 is 32.2 Å². The van der Waals surface area contributed by atoms with Gasteiger partial charge in [-0.2, -0.15) is 13.2 Å². The standard InChI is InChI=1S/C29H32F3N5O4/c1-15(18-10-19(29(30,31)32)12-20(33)11-18)34-26-22-13-21(24-25(40-14-39-24)23(22)35-16(2)36-26)17-6-8-37(9-7-17)27(38)41-28(3,4)5/h6,10-13,15H,7-9,14,33H2,1-5H3,(H,34,35,36)/t15-/m1/s1. The summed E-state index contributed by atoms with van der Waals surface area (Å²) in [6, 6.07) is 4.82. The second kappa shape index (κ2) is 10.3. The van der Waals surface area contributed by atoms with Crippen LogP contribution in [0.25, 0.3) is 16.5 Å². The minimum absolute atomic E-state index is 0.0162. The van der Waals surface area contributed by atoms with Crippen molar-refractivity contribution in [3.63, 3.8) is 0 Å². The molecule has 1 atom stereocenters. The quantitative estimate of drug-likeness (QED) is 0.343. The molecular weight excluding hydrogens is 539 g/mol. The van der Waals surface area contributed by atoms with Crippen LogP contribution in [0.2, 0.25) is 0 Å². The number of nitrogens with two attached hydrogens (primary N) is 1. The molecule has 218 valence electrons. The number of benzene rings is 2. The van der Waals surface area contributed by atoms with Gasteiger partial charge < -0.3 is 30.2 Å². The Bertz CT molecular complexity index is 1550. The van der Waals surface area contributed by atoms with Crippen LogP contribution < -0.4 is 20.5 Å². The normalized spacial score (nSPS) is 16.0. The third-order valence-corrected chi connectivity index (χ3v) is 6.78. The molecule has 41 heavy (non-hydrogen) atoms. The van der Waals surface area contributed by atoms with Gasteiger partial charge in [0.25, 0.3) is 0 Å². The zero-order chi connectivity index (χ0) is 29.7. The fraction of sp³-hybridized carbons (Fsp3) is 0.414. The Morgan fingerprint density at radius 1 is 1.12 bits per heavy atom. The summed E-state index contributed by atoms with van der Waals surface area (Å²) in [6.07, 6.45) is -2.40. The molecule has 3 aromatic rings. The second-order valence-corrected chi connectivity index (χ2v) is 11.2. The molecule has 0 radical (unpaired) electrons. The highest BCUT2D eigenvalue weighted by Crippen LogP contribution is 2.47. The molecule has 1 amide bonds. The first-order valence-electron chi connectivity index (χ1n) is 13.2. The number of hydrogen-bond acceptors (Lipinski definition) is 8. The number of halogens is 3. The lowest BCUT2D eigenvalue weighted by Gasteiger charge is -2.30. The minimum atomic E-state index is -4.53. The van der Waals surface area contributed by atoms with Gasteiger partial charge in [-0.1, -0.05) is 6.08 Å². The highest BCUT2D eigenvalue weighted by atomic mass is 19.4. The molecule has 9 nitrogen and oxygen atoms in total. The summed E-state index contributed by atoms with van der Waals surface area (Å²) in [4.78, 5) is 23.4. The Hall–Kier alpha value is -4.22. The monoisotopic (exact) mass is 571 g/mol. The number of carbonyl (C=O) groups excluding carboxylic acids is 1. The average Bonchev–Trinajstić information content (AvgIpc) is 3.37. The minimum Gasteiger partial charge on any atom is -0.453 e. The van der Waals surface area contributed by atoms with Crippen LogP contribution in [0.1, 0.15) is 62.7 Å². The smallest absolute Gasteiger partial charge is 0.416 e. The summed E-state index contributed by atoms with van der Waals surface area (Å²) in [5.41, 5.74) is 7.03. The van der Waals surface area contributed by atoms with E-state index in [4.69, 9.17) is 19.9 Å². The highest BCUT2D eigenvalue weighted by molar-refractivity contribution is 5.99. The maximum absolute atomic E-state index is 13.4. The number of amides is 1. The van der Waals surface area contributed by atoms with Gasteiger partial charge in [-0.05, 0) is 76.4 Å². The number of aryl methyl sites for hydroxylation is 1. The van der Waals surface area contributed by atoms with E-state index in [0.717, 1.165) is 23.3 Å². The fourth-order valence-corrected chi connectivity index (χ4v) is 4.89. The van der Waals surface area contributed by atoms with Gasteiger partial charge in [0.1, 0.15) is 22.8 Å². The van der Waals surface area contributed by atoms with Gasteiger partial charge in [-0.3, -0.25) is 0 Å². The van der Waals surface area contributed by atoms with Crippen molar-refractivity contribution in [2.24, 2.45) is 0 Å². The zero-order valence-corrected chi connectivity index (χ0v) is 23.5. The summed E-state index contributed by atoms with van der Waals surface area (Å²) in [7, 11) is 0. The molecular formula is C29H32F3N5O4. The maximum atomic E-state index is 13.4. The summed E-state index contributed by atoms with van der Waals surface area (Å²) in [6.45, 7) is 9.77. The predicted octanol–water partition coefficient (Wildman–Crippen LogP) is 6.47. The summed E-state index contributed by atoms with van der Waals surface area (Å²) >= 11 is 0. The first-order valence-corrected chi connectivity index (χ1v) is 13.2. The molecule has 2 aliphatic heterocycles. The third kappa shape index (κ3) is 5.96. The van der Waals surface area contributed by atoms with E-state index in [1.54, 1.807) is 18.7 Å². The number of alkyl halides is 3. The van der Waals surface area contributed by atoms with Crippen molar-refractivity contribution in [2.75, 3.05) is 30.9 Å². The van der Waals surface area contributed by atoms with Crippen molar-refractivity contribution >= 4 is 34.1 Å². The average molecular weight is 572 g/mol. The summed E-state index contributed by atoms with van der Waals surface area (Å²) in [5.74, 6) is 1.91. The molecule has 0 fully saturated rings. The number of fused-ring (bicyclic) bond motifs is 3. The molecule has 12 heteroatoms. The van der Waals surface area contributed by atoms with Crippen molar-refractivity contribution in [1.29, 1.82) is 0 Å². The molecule has 0 aliphatic carbocycles. The summed E-state index contributed by atoms with van der Waals surface area (Å²) < 4.78 is 57.5. The van der Waals surface area contributed by atoms with Gasteiger partial charge in [-0.15, -0.1) is 0 Å². The number of carbonyl (C=O) groups is 1. The van der Waals surface area contributed by atoms with Gasteiger partial charge in [0.15, 0.2) is 11.5 Å². The molecule has 2 aromatic carbocycles. The van der Waals surface area contributed by atoms with Gasteiger partial charge in [-0.25, -0.2) is 14.8 Å². The molecule has 2 aliphatic rings. The molecule has 3 heterocycles. The van der Waals surface area contributed by atoms with E-state index in [-0.39, 0.29) is 18.6 Å². The number of aromatic nitrogens is 2. The highest BCUT2D eigenvalue weighted by Gasteiger charge is 2.32. The van der Waals surface area contributed by atoms with E-state index in [9.17, 15) is 18.0 Å². The van der Waals surface area contributed by atoms with E-state index >= 15 is 0 Å². The first-order chi connectivity index (χ1) is 19.2. The van der Waals surface area contributed by atoms with Crippen molar-refractivity contribution in [2.45, 2.75) is 58.9 Å². The fourth-order valence-electron chi connectivity index (χ4n) is 4.89. The molecule has 0 spiro atoms. The van der Waals surface area contributed by atoms with Crippen molar-refractivity contribution in [3.05, 3.63) is 52.9 Å². The molecule has 0 saturated carbocycles. The molecule has 1 aromatic heterocycles. The molecule has 5 rings (SSSR count). The van der Waals surface area contributed by atoms with E-state index < -0.39 is 23.4 Å². The van der Waals surface area contributed by atoms with Gasteiger partial charge >= 0.3 is 12.3 Å². The van der Waals surface area contributed by atoms with E-state index in [2.05, 4.69) is 15.3 Å². The van der Waals surface area contributed by atoms with Gasteiger partial charge in [0.05, 0.1) is 11.6 Å². The van der Waals surface area contributed by atoms with Crippen molar-refractivity contribution in [3.8, 4) is 11.5 Å². The number of hydrogen-bond donors (Lipinski definition) is 2. The van der Waals surface area contributed by atoms with Crippen LogP contribution in [-0.4, -0.2) is 46.4 Å². The Labute approximate surface area is 235 Å². The maximum Gasteiger partial charge on any atom is 0.416 e. The van der Waals surface area contributed by atoms with Crippen LogP contribution >= 0.6 is 0 Å². The van der Waals surface area contributed by atoms with Crippen LogP contribution in [0.5, 0.6) is 11.5 Å². The van der Waals surface area contributed by atoms with Crippen LogP contribution in [0.15, 0.2) is 30.3 Å². The van der Waals surface area contributed by atoms with Crippen molar-refractivity contribution in [1.82, 2.24) is 14.9 Å². The lowest BCUT2D eigenvalue weighted by atomic mass is 9.96. The molecule has 0 unspecified atom stereocenters. The molecule has 0 bridgehead atoms. The number of nitrogens with one attached hydrogen (secondary N) is 1. The van der Waals surface area contributed by atoms with Gasteiger partial charge in [0, 0.05) is 29.7 Å². The lowest BCUT2D eigenvalue weighted by Crippen LogP contribution is -2.39. The summed E-state index contributed by atoms with van der Waals surface area (Å²) in [5, 5.41) is 3.88. The molecule has 3 N–H and O–H groups in total. The topological polar surface area (TPSA) is 112 Å². The van der Waals surface area contributed by atoms with E-state index in [0.29, 0.717) is 59.1 Å². The van der Waals surface area contributed by atoms with Crippen LogP contribution in [0, 0.1) is 6.92 Å². The second-order valence-electron chi connectivity index (χ2n) is 11.2. The van der Waals surface area contributed by atoms with Crippen LogP contribution in [0.3, 0.4) is 0 Å². The predicted molar refractivity (Wildman–Crippen MR) is 149 cm³/mol. The Morgan fingerprint density at radius 3 is 2.51 bits per heavy atom. The molecule has 0 saturated heterocycles. The number of nitrogens with zero attached hydrogens (tertiary/aromatic N) is 3. The Kier molecular flexibility index (Phi) is 7.12. The SMILES string of the molecule is Cc1nc(N[C@H](C)c2cc(N)cc(C(F)(F)F)c2)c2cc(C3=CCN(C(=O)OC(C)(C)C)CC3)c3c(c2n1)OCO3. The number of ether oxygens (including phenoxy) is 3. The van der Waals surface area contributed by atoms with E-state index in [1.807, 2.05) is 32.9 Å². The van der Waals surface area contributed by atoms with Gasteiger partial charge in [0.2, 0.25) is 6.79 Å². The zero-order valence-electron chi connectivity index (χ0n) is 23.5. The Morgan fingerprint density at radius 2 is 1.85 bits per heavy atom. The van der Waals surface area contributed by atoms with E-state index in [1.165, 1.54) is 6.07 Å². The lowest BCUT2D eigenvalue weighted by molar-refractivity contribution is -0.137. The Balaban J connectivity index is 1.51.